The van der Waals surface area contributed by atoms with E-state index in [0.29, 0.717) is 17.4 Å². The molecule has 2 aromatic rings. The van der Waals surface area contributed by atoms with Gasteiger partial charge in [-0.15, -0.1) is 11.3 Å². The second-order valence-electron chi connectivity index (χ2n) is 5.17. The van der Waals surface area contributed by atoms with Crippen LogP contribution >= 0.6 is 11.3 Å². The molecule has 1 aromatic heterocycles. The zero-order valence-corrected chi connectivity index (χ0v) is 14.1. The largest absolute Gasteiger partial charge is 0.495 e. The number of carbonyl (C=O) groups is 2. The Labute approximate surface area is 138 Å². The molecule has 0 aliphatic heterocycles. The number of aromatic nitrogens is 1. The third kappa shape index (κ3) is 4.53. The van der Waals surface area contributed by atoms with Crippen LogP contribution in [0.25, 0.3) is 0 Å². The first kappa shape index (κ1) is 17.0. The lowest BCUT2D eigenvalue weighted by atomic mass is 10.2. The van der Waals surface area contributed by atoms with Gasteiger partial charge in [0.2, 0.25) is 0 Å². The normalized spacial score (nSPS) is 10.4. The minimum Gasteiger partial charge on any atom is -0.495 e. The van der Waals surface area contributed by atoms with Crippen LogP contribution in [0.15, 0.2) is 29.6 Å². The first-order valence-corrected chi connectivity index (χ1v) is 8.05. The Balaban J connectivity index is 1.91. The third-order valence-corrected chi connectivity index (χ3v) is 4.25. The number of thiazole rings is 1. The molecule has 0 atom stereocenters. The van der Waals surface area contributed by atoms with Crippen LogP contribution in [-0.2, 0) is 16.1 Å². The molecular weight excluding hydrogens is 314 g/mol. The van der Waals surface area contributed by atoms with Crippen molar-refractivity contribution >= 4 is 28.8 Å². The number of rotatable bonds is 5. The van der Waals surface area contributed by atoms with Gasteiger partial charge in [0.1, 0.15) is 5.75 Å². The molecule has 0 bridgehead atoms. The summed E-state index contributed by atoms with van der Waals surface area (Å²) in [6, 6.07) is 6.90. The Hall–Kier alpha value is -2.41. The van der Waals surface area contributed by atoms with Gasteiger partial charge in [-0.25, -0.2) is 4.98 Å². The van der Waals surface area contributed by atoms with Crippen molar-refractivity contribution in [2.45, 2.75) is 26.3 Å². The van der Waals surface area contributed by atoms with Crippen LogP contribution in [0.3, 0.4) is 0 Å². The molecule has 0 radical (unpaired) electrons. The number of hydrogen-bond donors (Lipinski definition) is 2. The molecule has 23 heavy (non-hydrogen) atoms. The van der Waals surface area contributed by atoms with E-state index in [1.807, 2.05) is 5.38 Å². The molecule has 2 rings (SSSR count). The van der Waals surface area contributed by atoms with Gasteiger partial charge in [0.15, 0.2) is 0 Å². The Morgan fingerprint density at radius 2 is 2.00 bits per heavy atom. The third-order valence-electron chi connectivity index (χ3n) is 3.05. The van der Waals surface area contributed by atoms with Gasteiger partial charge in [-0.1, -0.05) is 26.0 Å². The van der Waals surface area contributed by atoms with E-state index in [9.17, 15) is 9.59 Å². The maximum atomic E-state index is 11.9. The Morgan fingerprint density at radius 3 is 2.65 bits per heavy atom. The summed E-state index contributed by atoms with van der Waals surface area (Å²) in [6.07, 6.45) is 0. The highest BCUT2D eigenvalue weighted by atomic mass is 32.1. The van der Waals surface area contributed by atoms with E-state index in [2.05, 4.69) is 29.5 Å². The number of para-hydroxylation sites is 2. The second-order valence-corrected chi connectivity index (χ2v) is 6.06. The molecule has 122 valence electrons. The molecule has 7 heteroatoms. The molecule has 0 unspecified atom stereocenters. The molecule has 0 aliphatic rings. The molecule has 1 aromatic carbocycles. The number of amides is 2. The zero-order valence-electron chi connectivity index (χ0n) is 13.3. The quantitative estimate of drug-likeness (QED) is 0.824. The van der Waals surface area contributed by atoms with Gasteiger partial charge in [0.25, 0.3) is 0 Å². The molecule has 2 N–H and O–H groups in total. The number of methoxy groups -OCH3 is 1. The van der Waals surface area contributed by atoms with E-state index < -0.39 is 11.8 Å². The van der Waals surface area contributed by atoms with E-state index in [4.69, 9.17) is 4.74 Å². The van der Waals surface area contributed by atoms with Gasteiger partial charge in [-0.05, 0) is 12.1 Å². The number of benzene rings is 1. The molecule has 2 amide bonds. The molecule has 0 spiro atoms. The highest BCUT2D eigenvalue weighted by Crippen LogP contribution is 2.22. The van der Waals surface area contributed by atoms with Gasteiger partial charge >= 0.3 is 11.8 Å². The summed E-state index contributed by atoms with van der Waals surface area (Å²) in [4.78, 5) is 28.2. The van der Waals surface area contributed by atoms with E-state index in [-0.39, 0.29) is 6.54 Å². The maximum Gasteiger partial charge on any atom is 0.313 e. The topological polar surface area (TPSA) is 80.3 Å². The smallest absolute Gasteiger partial charge is 0.313 e. The van der Waals surface area contributed by atoms with Crippen LogP contribution in [0.5, 0.6) is 5.75 Å². The van der Waals surface area contributed by atoms with Crippen molar-refractivity contribution in [3.05, 3.63) is 40.3 Å². The van der Waals surface area contributed by atoms with Crippen molar-refractivity contribution in [3.8, 4) is 5.75 Å². The molecular formula is C16H19N3O3S. The maximum absolute atomic E-state index is 11.9. The van der Waals surface area contributed by atoms with Crippen LogP contribution in [-0.4, -0.2) is 23.9 Å². The van der Waals surface area contributed by atoms with Gasteiger partial charge in [-0.3, -0.25) is 9.59 Å². The lowest BCUT2D eigenvalue weighted by Gasteiger charge is -2.09. The van der Waals surface area contributed by atoms with Crippen molar-refractivity contribution < 1.29 is 14.3 Å². The first-order valence-electron chi connectivity index (χ1n) is 7.17. The number of nitrogens with one attached hydrogen (secondary N) is 2. The highest BCUT2D eigenvalue weighted by Gasteiger charge is 2.16. The molecule has 6 nitrogen and oxygen atoms in total. The van der Waals surface area contributed by atoms with Crippen LogP contribution in [0, 0.1) is 0 Å². The summed E-state index contributed by atoms with van der Waals surface area (Å²) in [5.41, 5.74) is 1.20. The molecule has 0 fully saturated rings. The van der Waals surface area contributed by atoms with Gasteiger partial charge in [0.05, 0.1) is 30.0 Å². The minimum atomic E-state index is -0.742. The van der Waals surface area contributed by atoms with Gasteiger partial charge < -0.3 is 15.4 Å². The average Bonchev–Trinajstić information content (AvgIpc) is 3.02. The predicted octanol–water partition coefficient (Wildman–Crippen LogP) is 2.53. The van der Waals surface area contributed by atoms with Crippen LogP contribution in [0.4, 0.5) is 5.69 Å². The molecule has 1 heterocycles. The summed E-state index contributed by atoms with van der Waals surface area (Å²) >= 11 is 1.55. The zero-order chi connectivity index (χ0) is 16.8. The minimum absolute atomic E-state index is 0.224. The average molecular weight is 333 g/mol. The van der Waals surface area contributed by atoms with Crippen molar-refractivity contribution in [1.29, 1.82) is 0 Å². The SMILES string of the molecule is COc1ccccc1NC(=O)C(=O)NCc1csc(C(C)C)n1. The van der Waals surface area contributed by atoms with Crippen LogP contribution in [0.1, 0.15) is 30.5 Å². The Morgan fingerprint density at radius 1 is 1.26 bits per heavy atom. The molecule has 0 aliphatic carbocycles. The summed E-state index contributed by atoms with van der Waals surface area (Å²) in [5.74, 6) is -0.614. The standard InChI is InChI=1S/C16H19N3O3S/c1-10(2)16-18-11(9-23-16)8-17-14(20)15(21)19-12-6-4-5-7-13(12)22-3/h4-7,9-10H,8H2,1-3H3,(H,17,20)(H,19,21). The fourth-order valence-corrected chi connectivity index (χ4v) is 2.68. The van der Waals surface area contributed by atoms with Crippen LogP contribution in [0.2, 0.25) is 0 Å². The van der Waals surface area contributed by atoms with Gasteiger partial charge in [-0.2, -0.15) is 0 Å². The lowest BCUT2D eigenvalue weighted by Crippen LogP contribution is -2.35. The lowest BCUT2D eigenvalue weighted by molar-refractivity contribution is -0.136. The number of ether oxygens (including phenoxy) is 1. The fraction of sp³-hybridized carbons (Fsp3) is 0.312. The second kappa shape index (κ2) is 7.73. The van der Waals surface area contributed by atoms with E-state index in [0.717, 1.165) is 10.7 Å². The van der Waals surface area contributed by atoms with Crippen molar-refractivity contribution in [2.75, 3.05) is 12.4 Å². The summed E-state index contributed by atoms with van der Waals surface area (Å²) in [6.45, 7) is 4.34. The van der Waals surface area contributed by atoms with Crippen molar-refractivity contribution in [2.24, 2.45) is 0 Å². The molecule has 0 saturated carbocycles. The first-order chi connectivity index (χ1) is 11.0. The van der Waals surface area contributed by atoms with Gasteiger partial charge in [0, 0.05) is 11.3 Å². The summed E-state index contributed by atoms with van der Waals surface area (Å²) in [7, 11) is 1.50. The Bertz CT molecular complexity index is 697. The van der Waals surface area contributed by atoms with Crippen molar-refractivity contribution in [1.82, 2.24) is 10.3 Å². The molecule has 0 saturated heterocycles. The fourth-order valence-electron chi connectivity index (χ4n) is 1.85. The van der Waals surface area contributed by atoms with E-state index in [1.165, 1.54) is 7.11 Å². The number of carbonyl (C=O) groups excluding carboxylic acids is 2. The van der Waals surface area contributed by atoms with Crippen molar-refractivity contribution in [3.63, 3.8) is 0 Å². The number of hydrogen-bond acceptors (Lipinski definition) is 5. The van der Waals surface area contributed by atoms with E-state index >= 15 is 0 Å². The number of anilines is 1. The Kier molecular flexibility index (Phi) is 5.70. The van der Waals surface area contributed by atoms with Crippen LogP contribution < -0.4 is 15.4 Å². The predicted molar refractivity (Wildman–Crippen MR) is 89.7 cm³/mol. The highest BCUT2D eigenvalue weighted by molar-refractivity contribution is 7.09. The number of nitrogens with zero attached hydrogens (tertiary/aromatic N) is 1. The summed E-state index contributed by atoms with van der Waals surface area (Å²) < 4.78 is 5.13. The van der Waals surface area contributed by atoms with E-state index in [1.54, 1.807) is 35.6 Å². The monoisotopic (exact) mass is 333 g/mol. The summed E-state index contributed by atoms with van der Waals surface area (Å²) in [5, 5.41) is 7.98.